The number of benzene rings is 1. The number of rotatable bonds is 4. The monoisotopic (exact) mass is 390 g/mol. The summed E-state index contributed by atoms with van der Waals surface area (Å²) in [6, 6.07) is 13.4. The van der Waals surface area contributed by atoms with Gasteiger partial charge in [-0.2, -0.15) is 0 Å². The largest absolute Gasteiger partial charge is 0.474 e. The van der Waals surface area contributed by atoms with E-state index < -0.39 is 0 Å². The molecule has 0 saturated carbocycles. The number of carbonyl (C=O) groups is 1. The summed E-state index contributed by atoms with van der Waals surface area (Å²) >= 11 is 3.35. The summed E-state index contributed by atoms with van der Waals surface area (Å²) in [5.41, 5.74) is 0.991. The van der Waals surface area contributed by atoms with Crippen molar-refractivity contribution in [1.29, 1.82) is 0 Å². The standard InChI is InChI=1S/C18H19BrN2O3/c19-15-6-7-17(20-12-15)24-16-8-10-21(11-9-16)18(22)23-13-14-4-2-1-3-5-14/h1-7,12,16H,8-11,13H2. The third-order valence-corrected chi connectivity index (χ3v) is 4.36. The Morgan fingerprint density at radius 3 is 2.58 bits per heavy atom. The highest BCUT2D eigenvalue weighted by atomic mass is 79.9. The molecule has 1 saturated heterocycles. The van der Waals surface area contributed by atoms with Gasteiger partial charge in [0.15, 0.2) is 0 Å². The van der Waals surface area contributed by atoms with E-state index >= 15 is 0 Å². The highest BCUT2D eigenvalue weighted by molar-refractivity contribution is 9.10. The number of halogens is 1. The highest BCUT2D eigenvalue weighted by Gasteiger charge is 2.25. The van der Waals surface area contributed by atoms with E-state index in [1.807, 2.05) is 42.5 Å². The molecule has 5 nitrogen and oxygen atoms in total. The van der Waals surface area contributed by atoms with Crippen LogP contribution < -0.4 is 4.74 Å². The van der Waals surface area contributed by atoms with Gasteiger partial charge in [0, 0.05) is 42.7 Å². The van der Waals surface area contributed by atoms with Gasteiger partial charge in [-0.25, -0.2) is 9.78 Å². The van der Waals surface area contributed by atoms with Gasteiger partial charge in [-0.3, -0.25) is 0 Å². The first kappa shape index (κ1) is 16.8. The summed E-state index contributed by atoms with van der Waals surface area (Å²) in [6.45, 7) is 1.57. The Bertz CT molecular complexity index is 656. The average Bonchev–Trinajstić information content (AvgIpc) is 2.63. The van der Waals surface area contributed by atoms with Crippen molar-refractivity contribution in [2.45, 2.75) is 25.6 Å². The predicted octanol–water partition coefficient (Wildman–Crippen LogP) is 4.02. The maximum atomic E-state index is 12.1. The molecule has 0 spiro atoms. The summed E-state index contributed by atoms with van der Waals surface area (Å²) < 4.78 is 12.1. The zero-order valence-electron chi connectivity index (χ0n) is 13.2. The van der Waals surface area contributed by atoms with E-state index in [-0.39, 0.29) is 12.2 Å². The van der Waals surface area contributed by atoms with E-state index in [0.29, 0.717) is 25.6 Å². The third-order valence-electron chi connectivity index (χ3n) is 3.89. The maximum Gasteiger partial charge on any atom is 0.410 e. The van der Waals surface area contributed by atoms with E-state index in [0.717, 1.165) is 22.9 Å². The first-order chi connectivity index (χ1) is 11.7. The van der Waals surface area contributed by atoms with E-state index in [4.69, 9.17) is 9.47 Å². The number of nitrogens with zero attached hydrogens (tertiary/aromatic N) is 2. The van der Waals surface area contributed by atoms with Crippen LogP contribution in [0.5, 0.6) is 5.88 Å². The molecule has 1 aromatic carbocycles. The molecule has 2 aromatic rings. The number of carbonyl (C=O) groups excluding carboxylic acids is 1. The summed E-state index contributed by atoms with van der Waals surface area (Å²) in [7, 11) is 0. The van der Waals surface area contributed by atoms with Crippen LogP contribution in [0.3, 0.4) is 0 Å². The molecule has 1 fully saturated rings. The Morgan fingerprint density at radius 1 is 1.17 bits per heavy atom. The first-order valence-electron chi connectivity index (χ1n) is 7.94. The first-order valence-corrected chi connectivity index (χ1v) is 8.74. The molecule has 0 radical (unpaired) electrons. The minimum Gasteiger partial charge on any atom is -0.474 e. The van der Waals surface area contributed by atoms with Gasteiger partial charge >= 0.3 is 6.09 Å². The number of hydrogen-bond acceptors (Lipinski definition) is 4. The number of ether oxygens (including phenoxy) is 2. The molecule has 0 N–H and O–H groups in total. The van der Waals surface area contributed by atoms with Gasteiger partial charge < -0.3 is 14.4 Å². The molecule has 126 valence electrons. The summed E-state index contributed by atoms with van der Waals surface area (Å²) in [6.07, 6.45) is 3.08. The quantitative estimate of drug-likeness (QED) is 0.790. The van der Waals surface area contributed by atoms with Crippen LogP contribution in [0.1, 0.15) is 18.4 Å². The lowest BCUT2D eigenvalue weighted by molar-refractivity contribution is 0.0625. The number of likely N-dealkylation sites (tertiary alicyclic amines) is 1. The van der Waals surface area contributed by atoms with Crippen molar-refractivity contribution in [3.05, 3.63) is 58.7 Å². The molecule has 3 rings (SSSR count). The van der Waals surface area contributed by atoms with Crippen LogP contribution in [0.4, 0.5) is 4.79 Å². The van der Waals surface area contributed by atoms with Gasteiger partial charge in [0.05, 0.1) is 0 Å². The number of piperidine rings is 1. The molecule has 0 bridgehead atoms. The molecule has 24 heavy (non-hydrogen) atoms. The Labute approximate surface area is 149 Å². The van der Waals surface area contributed by atoms with Crippen LogP contribution in [0.2, 0.25) is 0 Å². The van der Waals surface area contributed by atoms with Gasteiger partial charge in [0.25, 0.3) is 0 Å². The number of pyridine rings is 1. The van der Waals surface area contributed by atoms with Crippen LogP contribution in [0.25, 0.3) is 0 Å². The molecule has 1 aliphatic heterocycles. The number of aromatic nitrogens is 1. The normalized spacial score (nSPS) is 15.1. The lowest BCUT2D eigenvalue weighted by Crippen LogP contribution is -2.42. The molecule has 6 heteroatoms. The highest BCUT2D eigenvalue weighted by Crippen LogP contribution is 2.19. The van der Waals surface area contributed by atoms with Crippen molar-refractivity contribution >= 4 is 22.0 Å². The molecule has 0 atom stereocenters. The van der Waals surface area contributed by atoms with Crippen LogP contribution in [0, 0.1) is 0 Å². The topological polar surface area (TPSA) is 51.7 Å². The van der Waals surface area contributed by atoms with Crippen molar-refractivity contribution in [3.63, 3.8) is 0 Å². The SMILES string of the molecule is O=C(OCc1ccccc1)N1CCC(Oc2ccc(Br)cn2)CC1. The second-order valence-corrected chi connectivity index (χ2v) is 6.57. The van der Waals surface area contributed by atoms with Gasteiger partial charge in [0.2, 0.25) is 5.88 Å². The lowest BCUT2D eigenvalue weighted by Gasteiger charge is -2.31. The van der Waals surface area contributed by atoms with Crippen molar-refractivity contribution < 1.29 is 14.3 Å². The summed E-state index contributed by atoms with van der Waals surface area (Å²) in [5.74, 6) is 0.614. The van der Waals surface area contributed by atoms with Crippen molar-refractivity contribution in [2.24, 2.45) is 0 Å². The second-order valence-electron chi connectivity index (χ2n) is 5.66. The van der Waals surface area contributed by atoms with Crippen LogP contribution in [-0.4, -0.2) is 35.2 Å². The number of amides is 1. The van der Waals surface area contributed by atoms with E-state index in [9.17, 15) is 4.79 Å². The Balaban J connectivity index is 1.42. The molecule has 0 aliphatic carbocycles. The summed E-state index contributed by atoms with van der Waals surface area (Å²) in [4.78, 5) is 18.1. The Hall–Kier alpha value is -2.08. The fourth-order valence-electron chi connectivity index (χ4n) is 2.57. The third kappa shape index (κ3) is 4.71. The number of hydrogen-bond donors (Lipinski definition) is 0. The smallest absolute Gasteiger partial charge is 0.410 e. The Kier molecular flexibility index (Phi) is 5.69. The Morgan fingerprint density at radius 2 is 1.92 bits per heavy atom. The van der Waals surface area contributed by atoms with Gasteiger partial charge in [0.1, 0.15) is 12.7 Å². The minimum atomic E-state index is -0.265. The van der Waals surface area contributed by atoms with Gasteiger partial charge in [-0.1, -0.05) is 30.3 Å². The molecule has 1 aliphatic rings. The van der Waals surface area contributed by atoms with Gasteiger partial charge in [-0.15, -0.1) is 0 Å². The molecule has 2 heterocycles. The van der Waals surface area contributed by atoms with Crippen LogP contribution in [-0.2, 0) is 11.3 Å². The average molecular weight is 391 g/mol. The lowest BCUT2D eigenvalue weighted by atomic mass is 10.1. The van der Waals surface area contributed by atoms with E-state index in [1.165, 1.54) is 0 Å². The zero-order valence-corrected chi connectivity index (χ0v) is 14.8. The zero-order chi connectivity index (χ0) is 16.8. The fraction of sp³-hybridized carbons (Fsp3) is 0.333. The van der Waals surface area contributed by atoms with Gasteiger partial charge in [-0.05, 0) is 27.6 Å². The maximum absolute atomic E-state index is 12.1. The van der Waals surface area contributed by atoms with Crippen LogP contribution >= 0.6 is 15.9 Å². The van der Waals surface area contributed by atoms with E-state index in [1.54, 1.807) is 11.1 Å². The molecular weight excluding hydrogens is 372 g/mol. The van der Waals surface area contributed by atoms with Crippen molar-refractivity contribution in [2.75, 3.05) is 13.1 Å². The minimum absolute atomic E-state index is 0.0804. The van der Waals surface area contributed by atoms with Crippen molar-refractivity contribution in [3.8, 4) is 5.88 Å². The molecule has 0 unspecified atom stereocenters. The summed E-state index contributed by atoms with van der Waals surface area (Å²) in [5, 5.41) is 0. The molecule has 1 amide bonds. The van der Waals surface area contributed by atoms with Crippen molar-refractivity contribution in [1.82, 2.24) is 9.88 Å². The second kappa shape index (κ2) is 8.15. The van der Waals surface area contributed by atoms with E-state index in [2.05, 4.69) is 20.9 Å². The fourth-order valence-corrected chi connectivity index (χ4v) is 2.80. The molecular formula is C18H19BrN2O3. The van der Waals surface area contributed by atoms with Crippen LogP contribution in [0.15, 0.2) is 53.1 Å². The molecule has 1 aromatic heterocycles. The predicted molar refractivity (Wildman–Crippen MR) is 93.8 cm³/mol.